The Morgan fingerprint density at radius 2 is 1.95 bits per heavy atom. The lowest BCUT2D eigenvalue weighted by molar-refractivity contribution is -0.137. The summed E-state index contributed by atoms with van der Waals surface area (Å²) in [6.07, 6.45) is -4.41. The molecule has 110 valence electrons. The van der Waals surface area contributed by atoms with Gasteiger partial charge in [0.2, 0.25) is 11.8 Å². The van der Waals surface area contributed by atoms with Gasteiger partial charge < -0.3 is 10.6 Å². The zero-order chi connectivity index (χ0) is 15.3. The van der Waals surface area contributed by atoms with Gasteiger partial charge in [-0.15, -0.1) is 0 Å². The Hall–Kier alpha value is -2.05. The topological polar surface area (TPSA) is 58.2 Å². The fraction of sp³-hybridized carbons (Fsp3) is 0.385. The summed E-state index contributed by atoms with van der Waals surface area (Å²) in [5.74, 6) is -0.815. The molecule has 0 saturated carbocycles. The molecule has 0 radical (unpaired) electrons. The Labute approximate surface area is 114 Å². The molecule has 1 aromatic carbocycles. The molecule has 0 spiro atoms. The van der Waals surface area contributed by atoms with E-state index in [1.807, 2.05) is 0 Å². The van der Waals surface area contributed by atoms with Crippen molar-refractivity contribution >= 4 is 11.8 Å². The second kappa shape index (κ2) is 6.40. The van der Waals surface area contributed by atoms with E-state index in [0.29, 0.717) is 5.56 Å². The molecule has 0 fully saturated rings. The van der Waals surface area contributed by atoms with E-state index < -0.39 is 23.7 Å². The second-order valence-electron chi connectivity index (χ2n) is 4.34. The minimum absolute atomic E-state index is 0.0350. The Balaban J connectivity index is 2.62. The lowest BCUT2D eigenvalue weighted by Gasteiger charge is -2.13. The molecule has 0 aliphatic heterocycles. The molecule has 0 saturated heterocycles. The molecule has 20 heavy (non-hydrogen) atoms. The third-order valence-corrected chi connectivity index (χ3v) is 2.53. The number of alkyl halides is 3. The first-order valence-electron chi connectivity index (χ1n) is 5.91. The third kappa shape index (κ3) is 4.91. The average molecular weight is 288 g/mol. The van der Waals surface area contributed by atoms with Gasteiger partial charge in [0.1, 0.15) is 6.04 Å². The third-order valence-electron chi connectivity index (χ3n) is 2.53. The Morgan fingerprint density at radius 1 is 1.30 bits per heavy atom. The van der Waals surface area contributed by atoms with Crippen LogP contribution in [-0.2, 0) is 22.3 Å². The zero-order valence-electron chi connectivity index (χ0n) is 11.0. The Kier molecular flexibility index (Phi) is 5.12. The van der Waals surface area contributed by atoms with E-state index in [0.717, 1.165) is 12.1 Å². The summed E-state index contributed by atoms with van der Waals surface area (Å²) < 4.78 is 37.5. The number of benzene rings is 1. The number of halogens is 3. The largest absolute Gasteiger partial charge is 0.416 e. The fourth-order valence-electron chi connectivity index (χ4n) is 1.57. The van der Waals surface area contributed by atoms with Gasteiger partial charge in [-0.3, -0.25) is 9.59 Å². The maximum atomic E-state index is 12.5. The van der Waals surface area contributed by atoms with Gasteiger partial charge in [0.25, 0.3) is 0 Å². The lowest BCUT2D eigenvalue weighted by Crippen LogP contribution is -2.43. The average Bonchev–Trinajstić information content (AvgIpc) is 2.34. The van der Waals surface area contributed by atoms with Crippen LogP contribution in [0.3, 0.4) is 0 Å². The number of nitrogens with one attached hydrogen (secondary N) is 2. The summed E-state index contributed by atoms with van der Waals surface area (Å²) in [5, 5.41) is 4.85. The predicted octanol–water partition coefficient (Wildman–Crippen LogP) is 1.85. The molecule has 0 unspecified atom stereocenters. The van der Waals surface area contributed by atoms with E-state index >= 15 is 0 Å². The van der Waals surface area contributed by atoms with Crippen molar-refractivity contribution in [1.29, 1.82) is 0 Å². The van der Waals surface area contributed by atoms with Crippen LogP contribution in [0.1, 0.15) is 25.0 Å². The van der Waals surface area contributed by atoms with E-state index in [1.54, 1.807) is 0 Å². The van der Waals surface area contributed by atoms with Crippen molar-refractivity contribution in [1.82, 2.24) is 10.6 Å². The van der Waals surface area contributed by atoms with Gasteiger partial charge in [0, 0.05) is 13.5 Å². The number of carbonyl (C=O) groups excluding carboxylic acids is 2. The maximum absolute atomic E-state index is 12.5. The highest BCUT2D eigenvalue weighted by Crippen LogP contribution is 2.29. The molecule has 1 rings (SSSR count). The summed E-state index contributed by atoms with van der Waals surface area (Å²) >= 11 is 0. The molecule has 0 heterocycles. The highest BCUT2D eigenvalue weighted by molar-refractivity contribution is 5.86. The number of amides is 2. The maximum Gasteiger partial charge on any atom is 0.416 e. The van der Waals surface area contributed by atoms with Crippen molar-refractivity contribution in [2.24, 2.45) is 0 Å². The van der Waals surface area contributed by atoms with E-state index in [-0.39, 0.29) is 12.5 Å². The van der Waals surface area contributed by atoms with Gasteiger partial charge >= 0.3 is 6.18 Å². The van der Waals surface area contributed by atoms with Gasteiger partial charge in [0.05, 0.1) is 5.56 Å². The van der Waals surface area contributed by atoms with Crippen LogP contribution < -0.4 is 10.6 Å². The summed E-state index contributed by atoms with van der Waals surface area (Å²) in [4.78, 5) is 22.4. The molecular formula is C13H15F3N2O2. The molecule has 0 bridgehead atoms. The first-order valence-corrected chi connectivity index (χ1v) is 5.91. The van der Waals surface area contributed by atoms with Gasteiger partial charge in [0.15, 0.2) is 0 Å². The monoisotopic (exact) mass is 288 g/mol. The zero-order valence-corrected chi connectivity index (χ0v) is 11.0. The van der Waals surface area contributed by atoms with Crippen LogP contribution in [0.2, 0.25) is 0 Å². The molecule has 0 aliphatic rings. The van der Waals surface area contributed by atoms with Crippen LogP contribution in [0.5, 0.6) is 0 Å². The standard InChI is InChI=1S/C13H15F3N2O2/c1-8(18-9(2)19)12(20)17-7-10-4-3-5-11(6-10)13(14,15)16/h3-6,8H,7H2,1-2H3,(H,17,20)(H,18,19)/t8-/m1/s1. The van der Waals surface area contributed by atoms with Crippen LogP contribution in [0, 0.1) is 0 Å². The molecule has 2 amide bonds. The predicted molar refractivity (Wildman–Crippen MR) is 66.6 cm³/mol. The van der Waals surface area contributed by atoms with Crippen molar-refractivity contribution < 1.29 is 22.8 Å². The highest BCUT2D eigenvalue weighted by Gasteiger charge is 2.30. The van der Waals surface area contributed by atoms with E-state index in [4.69, 9.17) is 0 Å². The van der Waals surface area contributed by atoms with Crippen molar-refractivity contribution in [3.63, 3.8) is 0 Å². The number of hydrogen-bond donors (Lipinski definition) is 2. The minimum Gasteiger partial charge on any atom is -0.350 e. The summed E-state index contributed by atoms with van der Waals surface area (Å²) in [6, 6.07) is 3.97. The molecule has 1 aromatic rings. The van der Waals surface area contributed by atoms with Crippen molar-refractivity contribution in [2.75, 3.05) is 0 Å². The van der Waals surface area contributed by atoms with E-state index in [1.165, 1.54) is 26.0 Å². The molecule has 1 atom stereocenters. The van der Waals surface area contributed by atoms with Crippen molar-refractivity contribution in [2.45, 2.75) is 32.6 Å². The second-order valence-corrected chi connectivity index (χ2v) is 4.34. The van der Waals surface area contributed by atoms with E-state index in [9.17, 15) is 22.8 Å². The van der Waals surface area contributed by atoms with Gasteiger partial charge in [-0.1, -0.05) is 12.1 Å². The van der Waals surface area contributed by atoms with Crippen molar-refractivity contribution in [3.05, 3.63) is 35.4 Å². The van der Waals surface area contributed by atoms with Crippen LogP contribution in [0.25, 0.3) is 0 Å². The van der Waals surface area contributed by atoms with Gasteiger partial charge in [-0.2, -0.15) is 13.2 Å². The molecule has 2 N–H and O–H groups in total. The minimum atomic E-state index is -4.41. The molecule has 0 aromatic heterocycles. The van der Waals surface area contributed by atoms with Gasteiger partial charge in [-0.25, -0.2) is 0 Å². The number of carbonyl (C=O) groups is 2. The Morgan fingerprint density at radius 3 is 2.50 bits per heavy atom. The molecule has 4 nitrogen and oxygen atoms in total. The Bertz CT molecular complexity index is 501. The SMILES string of the molecule is CC(=O)N[C@H](C)C(=O)NCc1cccc(C(F)(F)F)c1. The van der Waals surface area contributed by atoms with Crippen LogP contribution in [0.4, 0.5) is 13.2 Å². The van der Waals surface area contributed by atoms with Crippen LogP contribution >= 0.6 is 0 Å². The first-order chi connectivity index (χ1) is 9.20. The summed E-state index contributed by atoms with van der Waals surface area (Å²) in [5.41, 5.74) is -0.428. The van der Waals surface area contributed by atoms with Crippen molar-refractivity contribution in [3.8, 4) is 0 Å². The number of hydrogen-bond acceptors (Lipinski definition) is 2. The van der Waals surface area contributed by atoms with Gasteiger partial charge in [-0.05, 0) is 24.6 Å². The van der Waals surface area contributed by atoms with E-state index in [2.05, 4.69) is 10.6 Å². The lowest BCUT2D eigenvalue weighted by atomic mass is 10.1. The van der Waals surface area contributed by atoms with Crippen LogP contribution in [0.15, 0.2) is 24.3 Å². The van der Waals surface area contributed by atoms with Crippen LogP contribution in [-0.4, -0.2) is 17.9 Å². The first kappa shape index (κ1) is 16.0. The summed E-state index contributed by atoms with van der Waals surface area (Å²) in [7, 11) is 0. The molecule has 7 heteroatoms. The fourth-order valence-corrected chi connectivity index (χ4v) is 1.57. The number of rotatable bonds is 4. The smallest absolute Gasteiger partial charge is 0.350 e. The molecular weight excluding hydrogens is 273 g/mol. The normalized spacial score (nSPS) is 12.7. The quantitative estimate of drug-likeness (QED) is 0.888. The summed E-state index contributed by atoms with van der Waals surface area (Å²) in [6.45, 7) is 2.73. The highest BCUT2D eigenvalue weighted by atomic mass is 19.4. The molecule has 0 aliphatic carbocycles.